The molecule has 3 nitrogen and oxygen atoms in total. The molecule has 3 heterocycles. The molecule has 0 saturated heterocycles. The Balaban J connectivity index is 1.42. The van der Waals surface area contributed by atoms with Gasteiger partial charge in [-0.25, -0.2) is 9.35 Å². The maximum Gasteiger partial charge on any atom is 0.0717 e. The number of hydrogen-bond acceptors (Lipinski definition) is 0. The molecule has 0 aliphatic rings. The van der Waals surface area contributed by atoms with E-state index in [1.807, 2.05) is 0 Å². The lowest BCUT2D eigenvalue weighted by Gasteiger charge is -2.13. The standard InChI is InChI=1S/C36H23N3/c1-6-16-31-25(11-1)26-12-2-7-17-32(26)37(31)24-21-22-36-30(23-24)29-15-5-10-20-35(29)39(36)38-33-18-8-3-13-27(33)28-14-4-9-19-34(28)38/h1-23H. The largest absolute Gasteiger partial charge is 0.309 e. The highest BCUT2D eigenvalue weighted by atomic mass is 15.5. The fourth-order valence-electron chi connectivity index (χ4n) is 6.61. The molecule has 39 heavy (non-hydrogen) atoms. The molecule has 0 amide bonds. The van der Waals surface area contributed by atoms with Crippen LogP contribution in [-0.4, -0.2) is 13.9 Å². The fraction of sp³-hybridized carbons (Fsp3) is 0. The van der Waals surface area contributed by atoms with Crippen LogP contribution < -0.4 is 0 Å². The fourth-order valence-corrected chi connectivity index (χ4v) is 6.61. The van der Waals surface area contributed by atoms with E-state index in [9.17, 15) is 0 Å². The molecule has 0 fully saturated rings. The molecule has 0 N–H and O–H groups in total. The van der Waals surface area contributed by atoms with Crippen LogP contribution in [0.2, 0.25) is 0 Å². The molecule has 0 spiro atoms. The molecule has 0 saturated carbocycles. The number of benzene rings is 6. The number of aromatic nitrogens is 3. The third-order valence-electron chi connectivity index (χ3n) is 8.22. The van der Waals surface area contributed by atoms with Gasteiger partial charge in [0.2, 0.25) is 0 Å². The zero-order chi connectivity index (χ0) is 25.5. The summed E-state index contributed by atoms with van der Waals surface area (Å²) in [6.07, 6.45) is 0. The van der Waals surface area contributed by atoms with Crippen molar-refractivity contribution in [3.05, 3.63) is 140 Å². The summed E-state index contributed by atoms with van der Waals surface area (Å²) in [6.45, 7) is 0. The van der Waals surface area contributed by atoms with Crippen molar-refractivity contribution in [3.8, 4) is 5.69 Å². The predicted molar refractivity (Wildman–Crippen MR) is 164 cm³/mol. The van der Waals surface area contributed by atoms with Crippen LogP contribution in [0.4, 0.5) is 0 Å². The predicted octanol–water partition coefficient (Wildman–Crippen LogP) is 9.31. The molecule has 0 bridgehead atoms. The van der Waals surface area contributed by atoms with Crippen molar-refractivity contribution in [1.29, 1.82) is 0 Å². The van der Waals surface area contributed by atoms with Crippen molar-refractivity contribution in [2.24, 2.45) is 0 Å². The Bertz CT molecular complexity index is 2290. The first-order valence-corrected chi connectivity index (χ1v) is 13.4. The summed E-state index contributed by atoms with van der Waals surface area (Å²) in [5, 5.41) is 7.58. The summed E-state index contributed by atoms with van der Waals surface area (Å²) in [6, 6.07) is 50.5. The van der Waals surface area contributed by atoms with Crippen molar-refractivity contribution >= 4 is 65.4 Å². The topological polar surface area (TPSA) is 14.8 Å². The van der Waals surface area contributed by atoms with E-state index in [2.05, 4.69) is 153 Å². The lowest BCUT2D eigenvalue weighted by Crippen LogP contribution is -2.08. The Hall–Kier alpha value is -5.28. The quantitative estimate of drug-likeness (QED) is 0.226. The Labute approximate surface area is 224 Å². The molecular formula is C36H23N3. The highest BCUT2D eigenvalue weighted by Gasteiger charge is 2.19. The zero-order valence-electron chi connectivity index (χ0n) is 21.1. The Morgan fingerprint density at radius 1 is 0.282 bits per heavy atom. The van der Waals surface area contributed by atoms with Crippen molar-refractivity contribution in [1.82, 2.24) is 13.9 Å². The van der Waals surface area contributed by atoms with Crippen LogP contribution in [0.3, 0.4) is 0 Å². The van der Waals surface area contributed by atoms with Gasteiger partial charge in [-0.3, -0.25) is 0 Å². The summed E-state index contributed by atoms with van der Waals surface area (Å²) < 4.78 is 7.18. The van der Waals surface area contributed by atoms with Crippen LogP contribution in [0.15, 0.2) is 140 Å². The summed E-state index contributed by atoms with van der Waals surface area (Å²) in [5.74, 6) is 0. The lowest BCUT2D eigenvalue weighted by atomic mass is 10.1. The average molecular weight is 498 g/mol. The van der Waals surface area contributed by atoms with Crippen LogP contribution in [0, 0.1) is 0 Å². The second-order valence-electron chi connectivity index (χ2n) is 10.2. The van der Waals surface area contributed by atoms with Crippen molar-refractivity contribution in [3.63, 3.8) is 0 Å². The summed E-state index contributed by atoms with van der Waals surface area (Å²) in [5.41, 5.74) is 8.41. The van der Waals surface area contributed by atoms with E-state index in [1.54, 1.807) is 0 Å². The second kappa shape index (κ2) is 7.62. The first kappa shape index (κ1) is 20.7. The molecule has 9 aromatic rings. The molecule has 182 valence electrons. The summed E-state index contributed by atoms with van der Waals surface area (Å²) in [4.78, 5) is 0. The van der Waals surface area contributed by atoms with Gasteiger partial charge < -0.3 is 4.57 Å². The van der Waals surface area contributed by atoms with Gasteiger partial charge >= 0.3 is 0 Å². The number of para-hydroxylation sites is 5. The number of fused-ring (bicyclic) bond motifs is 9. The minimum Gasteiger partial charge on any atom is -0.309 e. The summed E-state index contributed by atoms with van der Waals surface area (Å²) in [7, 11) is 0. The SMILES string of the molecule is c1ccc2c(c1)c1ccccc1n2-c1ccc2c(c1)c1ccccc1n2-n1c2ccccc2c2ccccc21. The van der Waals surface area contributed by atoms with Crippen LogP contribution >= 0.6 is 0 Å². The van der Waals surface area contributed by atoms with E-state index in [0.717, 1.165) is 0 Å². The molecule has 0 atom stereocenters. The minimum atomic E-state index is 1.17. The van der Waals surface area contributed by atoms with Crippen LogP contribution in [0.5, 0.6) is 0 Å². The Kier molecular flexibility index (Phi) is 4.05. The van der Waals surface area contributed by atoms with Crippen LogP contribution in [-0.2, 0) is 0 Å². The van der Waals surface area contributed by atoms with Gasteiger partial charge in [0.05, 0.1) is 33.1 Å². The third-order valence-corrected chi connectivity index (χ3v) is 8.22. The molecule has 9 rings (SSSR count). The van der Waals surface area contributed by atoms with Gasteiger partial charge in [-0.2, -0.15) is 0 Å². The van der Waals surface area contributed by atoms with Crippen LogP contribution in [0.25, 0.3) is 71.1 Å². The molecule has 0 aliphatic carbocycles. The summed E-state index contributed by atoms with van der Waals surface area (Å²) >= 11 is 0. The maximum absolute atomic E-state index is 2.40. The second-order valence-corrected chi connectivity index (χ2v) is 10.2. The molecule has 3 heteroatoms. The zero-order valence-corrected chi connectivity index (χ0v) is 21.1. The van der Waals surface area contributed by atoms with E-state index in [4.69, 9.17) is 0 Å². The van der Waals surface area contributed by atoms with Gasteiger partial charge in [0.15, 0.2) is 0 Å². The molecule has 6 aromatic carbocycles. The van der Waals surface area contributed by atoms with Crippen molar-refractivity contribution < 1.29 is 0 Å². The van der Waals surface area contributed by atoms with Crippen molar-refractivity contribution in [2.75, 3.05) is 0 Å². The van der Waals surface area contributed by atoms with Gasteiger partial charge in [-0.05, 0) is 48.5 Å². The Morgan fingerprint density at radius 3 is 1.08 bits per heavy atom. The maximum atomic E-state index is 2.40. The van der Waals surface area contributed by atoms with E-state index in [-0.39, 0.29) is 0 Å². The number of hydrogen-bond donors (Lipinski definition) is 0. The van der Waals surface area contributed by atoms with Gasteiger partial charge in [0.25, 0.3) is 0 Å². The third kappa shape index (κ3) is 2.71. The van der Waals surface area contributed by atoms with E-state index in [1.165, 1.54) is 71.1 Å². The lowest BCUT2D eigenvalue weighted by molar-refractivity contribution is 0.775. The smallest absolute Gasteiger partial charge is 0.0717 e. The van der Waals surface area contributed by atoms with E-state index < -0.39 is 0 Å². The highest BCUT2D eigenvalue weighted by Crippen LogP contribution is 2.37. The van der Waals surface area contributed by atoms with Crippen molar-refractivity contribution in [2.45, 2.75) is 0 Å². The first-order valence-electron chi connectivity index (χ1n) is 13.4. The van der Waals surface area contributed by atoms with Gasteiger partial charge in [0.1, 0.15) is 0 Å². The Morgan fingerprint density at radius 2 is 0.615 bits per heavy atom. The molecular weight excluding hydrogens is 474 g/mol. The molecule has 0 unspecified atom stereocenters. The van der Waals surface area contributed by atoms with E-state index in [0.29, 0.717) is 0 Å². The van der Waals surface area contributed by atoms with Gasteiger partial charge in [0, 0.05) is 38.0 Å². The van der Waals surface area contributed by atoms with Gasteiger partial charge in [-0.15, -0.1) is 0 Å². The highest BCUT2D eigenvalue weighted by molar-refractivity contribution is 6.13. The normalized spacial score (nSPS) is 12.1. The number of rotatable bonds is 2. The first-order chi connectivity index (χ1) is 19.4. The monoisotopic (exact) mass is 497 g/mol. The van der Waals surface area contributed by atoms with Crippen LogP contribution in [0.1, 0.15) is 0 Å². The van der Waals surface area contributed by atoms with Gasteiger partial charge in [-0.1, -0.05) is 91.0 Å². The molecule has 0 aliphatic heterocycles. The van der Waals surface area contributed by atoms with E-state index >= 15 is 0 Å². The minimum absolute atomic E-state index is 1.17. The number of nitrogens with zero attached hydrogens (tertiary/aromatic N) is 3. The molecule has 0 radical (unpaired) electrons. The molecule has 3 aromatic heterocycles. The average Bonchev–Trinajstić information content (AvgIpc) is 3.62.